The Bertz CT molecular complexity index is 793. The second-order valence-electron chi connectivity index (χ2n) is 6.54. The normalized spacial score (nSPS) is 12.3. The number of rotatable bonds is 9. The van der Waals surface area contributed by atoms with E-state index in [0.29, 0.717) is 12.4 Å². The fraction of sp³-hybridized carbons (Fsp3) is 0.364. The number of carbonyl (C=O) groups excluding carboxylic acids is 1. The molecule has 0 radical (unpaired) electrons. The predicted octanol–water partition coefficient (Wildman–Crippen LogP) is 5.07. The lowest BCUT2D eigenvalue weighted by Crippen LogP contribution is -2.26. The van der Waals surface area contributed by atoms with Crippen LogP contribution in [-0.4, -0.2) is 24.5 Å². The highest BCUT2D eigenvalue weighted by Crippen LogP contribution is 2.17. The lowest BCUT2D eigenvalue weighted by atomic mass is 10.1. The minimum atomic E-state index is -1.14. The van der Waals surface area contributed by atoms with Crippen LogP contribution in [0.2, 0.25) is 0 Å². The van der Waals surface area contributed by atoms with Crippen LogP contribution in [0.15, 0.2) is 53.5 Å². The fourth-order valence-electron chi connectivity index (χ4n) is 2.74. The molecule has 1 unspecified atom stereocenters. The van der Waals surface area contributed by atoms with Crippen LogP contribution < -0.4 is 10.2 Å². The average Bonchev–Trinajstić information content (AvgIpc) is 2.70. The molecule has 0 bridgehead atoms. The van der Waals surface area contributed by atoms with Gasteiger partial charge < -0.3 is 9.57 Å². The van der Waals surface area contributed by atoms with Crippen molar-refractivity contribution in [1.29, 1.82) is 0 Å². The second kappa shape index (κ2) is 11.8. The summed E-state index contributed by atoms with van der Waals surface area (Å²) in [6.07, 6.45) is 3.69. The Morgan fingerprint density at radius 1 is 1.07 bits per heavy atom. The predicted molar refractivity (Wildman–Crippen MR) is 108 cm³/mol. The summed E-state index contributed by atoms with van der Waals surface area (Å²) < 4.78 is 33.1. The molecule has 0 aliphatic rings. The Balaban J connectivity index is 1.76. The SMILES string of the molecule is CCCC(CCCN=C(C)NOC(=O)c1c(F)cccc1F)Oc1ccccc1. The molecule has 1 N–H and O–H groups in total. The molecule has 0 aromatic heterocycles. The number of amidine groups is 1. The molecule has 5 nitrogen and oxygen atoms in total. The molecule has 0 amide bonds. The third-order valence-corrected chi connectivity index (χ3v) is 4.15. The van der Waals surface area contributed by atoms with Gasteiger partial charge in [0.05, 0.1) is 6.10 Å². The van der Waals surface area contributed by atoms with Crippen LogP contribution in [0.5, 0.6) is 5.75 Å². The lowest BCUT2D eigenvalue weighted by Gasteiger charge is -2.18. The van der Waals surface area contributed by atoms with Crippen LogP contribution in [-0.2, 0) is 4.84 Å². The maximum atomic E-state index is 13.6. The summed E-state index contributed by atoms with van der Waals surface area (Å²) in [5, 5.41) is 0. The van der Waals surface area contributed by atoms with Gasteiger partial charge in [0, 0.05) is 6.54 Å². The molecular formula is C22H26F2N2O3. The smallest absolute Gasteiger partial charge is 0.368 e. The van der Waals surface area contributed by atoms with Crippen molar-refractivity contribution in [2.24, 2.45) is 4.99 Å². The number of nitrogens with one attached hydrogen (secondary N) is 1. The van der Waals surface area contributed by atoms with E-state index in [4.69, 9.17) is 9.57 Å². The van der Waals surface area contributed by atoms with Crippen LogP contribution in [0.4, 0.5) is 8.78 Å². The van der Waals surface area contributed by atoms with Crippen LogP contribution in [0.3, 0.4) is 0 Å². The van der Waals surface area contributed by atoms with Gasteiger partial charge in [-0.1, -0.05) is 37.6 Å². The zero-order chi connectivity index (χ0) is 21.1. The number of hydrogen-bond donors (Lipinski definition) is 1. The van der Waals surface area contributed by atoms with Gasteiger partial charge in [0.2, 0.25) is 0 Å². The number of hydrogen-bond acceptors (Lipinski definition) is 4. The maximum Gasteiger partial charge on any atom is 0.368 e. The summed E-state index contributed by atoms with van der Waals surface area (Å²) in [7, 11) is 0. The Labute approximate surface area is 169 Å². The molecule has 1 atom stereocenters. The van der Waals surface area contributed by atoms with E-state index in [0.717, 1.165) is 43.6 Å². The van der Waals surface area contributed by atoms with Crippen molar-refractivity contribution in [2.45, 2.75) is 45.6 Å². The zero-order valence-electron chi connectivity index (χ0n) is 16.7. The highest BCUT2D eigenvalue weighted by molar-refractivity contribution is 5.91. The van der Waals surface area contributed by atoms with Gasteiger partial charge in [-0.25, -0.2) is 19.1 Å². The highest BCUT2D eigenvalue weighted by Gasteiger charge is 2.19. The van der Waals surface area contributed by atoms with Crippen LogP contribution >= 0.6 is 0 Å². The van der Waals surface area contributed by atoms with Crippen LogP contribution in [0.25, 0.3) is 0 Å². The molecule has 29 heavy (non-hydrogen) atoms. The zero-order valence-corrected chi connectivity index (χ0v) is 16.7. The summed E-state index contributed by atoms with van der Waals surface area (Å²) in [4.78, 5) is 20.8. The second-order valence-corrected chi connectivity index (χ2v) is 6.54. The molecule has 0 spiro atoms. The Morgan fingerprint density at radius 2 is 1.76 bits per heavy atom. The first-order valence-corrected chi connectivity index (χ1v) is 9.65. The van der Waals surface area contributed by atoms with E-state index in [-0.39, 0.29) is 6.10 Å². The maximum absolute atomic E-state index is 13.6. The standard InChI is InChI=1S/C22H26F2N2O3/c1-3-9-17(28-18-10-5-4-6-11-18)12-8-15-25-16(2)26-29-22(27)21-19(23)13-7-14-20(21)24/h4-7,10-11,13-14,17H,3,8-9,12,15H2,1-2H3,(H,25,26). The van der Waals surface area contributed by atoms with Gasteiger partial charge in [0.1, 0.15) is 28.8 Å². The summed E-state index contributed by atoms with van der Waals surface area (Å²) >= 11 is 0. The molecule has 0 saturated heterocycles. The van der Waals surface area contributed by atoms with Gasteiger partial charge >= 0.3 is 5.97 Å². The molecule has 2 rings (SSSR count). The van der Waals surface area contributed by atoms with Gasteiger partial charge in [-0.2, -0.15) is 0 Å². The fourth-order valence-corrected chi connectivity index (χ4v) is 2.74. The third-order valence-electron chi connectivity index (χ3n) is 4.15. The summed E-state index contributed by atoms with van der Waals surface area (Å²) in [5.41, 5.74) is 1.58. The first-order valence-electron chi connectivity index (χ1n) is 9.65. The average molecular weight is 404 g/mol. The van der Waals surface area contributed by atoms with Gasteiger partial charge in [0.25, 0.3) is 0 Å². The summed E-state index contributed by atoms with van der Waals surface area (Å²) in [5.74, 6) is -1.92. The first-order chi connectivity index (χ1) is 14.0. The number of ether oxygens (including phenoxy) is 1. The van der Waals surface area contributed by atoms with E-state index in [1.54, 1.807) is 6.92 Å². The quantitative estimate of drug-likeness (QED) is 0.274. The Hall–Kier alpha value is -2.96. The summed E-state index contributed by atoms with van der Waals surface area (Å²) in [6.45, 7) is 4.22. The van der Waals surface area contributed by atoms with Gasteiger partial charge in [-0.05, 0) is 50.5 Å². The molecule has 0 saturated carbocycles. The molecule has 156 valence electrons. The van der Waals surface area contributed by atoms with Crippen molar-refractivity contribution in [1.82, 2.24) is 5.48 Å². The number of nitrogens with zero attached hydrogens (tertiary/aromatic N) is 1. The van der Waals surface area contributed by atoms with Crippen molar-refractivity contribution in [3.63, 3.8) is 0 Å². The van der Waals surface area contributed by atoms with Gasteiger partial charge in [-0.15, -0.1) is 0 Å². The number of carbonyl (C=O) groups is 1. The van der Waals surface area contributed by atoms with E-state index >= 15 is 0 Å². The van der Waals surface area contributed by atoms with Crippen molar-refractivity contribution >= 4 is 11.8 Å². The molecule has 0 aliphatic heterocycles. The molecule has 2 aromatic rings. The van der Waals surface area contributed by atoms with Crippen LogP contribution in [0, 0.1) is 11.6 Å². The Kier molecular flexibility index (Phi) is 9.08. The van der Waals surface area contributed by atoms with Crippen molar-refractivity contribution in [3.05, 3.63) is 65.7 Å². The molecule has 0 aliphatic carbocycles. The molecular weight excluding hydrogens is 378 g/mol. The largest absolute Gasteiger partial charge is 0.490 e. The van der Waals surface area contributed by atoms with Crippen molar-refractivity contribution in [3.8, 4) is 5.75 Å². The van der Waals surface area contributed by atoms with Gasteiger partial charge in [0.15, 0.2) is 0 Å². The number of aliphatic imine (C=N–C) groups is 1. The summed E-state index contributed by atoms with van der Waals surface area (Å²) in [6, 6.07) is 12.8. The monoisotopic (exact) mass is 404 g/mol. The van der Waals surface area contributed by atoms with E-state index in [1.165, 1.54) is 6.07 Å². The van der Waals surface area contributed by atoms with E-state index in [1.807, 2.05) is 30.3 Å². The van der Waals surface area contributed by atoms with E-state index < -0.39 is 23.2 Å². The molecule has 0 heterocycles. The van der Waals surface area contributed by atoms with Crippen molar-refractivity contribution < 1.29 is 23.1 Å². The number of benzene rings is 2. The van der Waals surface area contributed by atoms with Crippen LogP contribution in [0.1, 0.15) is 49.9 Å². The number of halogens is 2. The number of para-hydroxylation sites is 1. The van der Waals surface area contributed by atoms with E-state index in [9.17, 15) is 13.6 Å². The number of hydroxylamine groups is 1. The minimum Gasteiger partial charge on any atom is -0.490 e. The topological polar surface area (TPSA) is 59.9 Å². The molecule has 2 aromatic carbocycles. The highest BCUT2D eigenvalue weighted by atomic mass is 19.1. The Morgan fingerprint density at radius 3 is 2.41 bits per heavy atom. The molecule has 0 fully saturated rings. The molecule has 7 heteroatoms. The van der Waals surface area contributed by atoms with Crippen molar-refractivity contribution in [2.75, 3.05) is 6.54 Å². The minimum absolute atomic E-state index is 0.104. The first kappa shape index (κ1) is 22.3. The van der Waals surface area contributed by atoms with Gasteiger partial charge in [-0.3, -0.25) is 4.99 Å². The van der Waals surface area contributed by atoms with E-state index in [2.05, 4.69) is 17.4 Å². The third kappa shape index (κ3) is 7.52. The lowest BCUT2D eigenvalue weighted by molar-refractivity contribution is 0.0373.